The predicted octanol–water partition coefficient (Wildman–Crippen LogP) is 1.09. The van der Waals surface area contributed by atoms with Gasteiger partial charge in [-0.2, -0.15) is 10.2 Å². The zero-order valence-corrected chi connectivity index (χ0v) is 13.8. The second-order valence-corrected chi connectivity index (χ2v) is 5.65. The largest absolute Gasteiger partial charge is 0.465 e. The number of aromatic nitrogens is 6. The van der Waals surface area contributed by atoms with Crippen LogP contribution in [0.5, 0.6) is 0 Å². The van der Waals surface area contributed by atoms with Gasteiger partial charge < -0.3 is 9.30 Å². The summed E-state index contributed by atoms with van der Waals surface area (Å²) >= 11 is 0. The molecular formula is C17H14N6O3. The molecule has 0 spiro atoms. The van der Waals surface area contributed by atoms with Crippen molar-refractivity contribution in [2.45, 2.75) is 6.54 Å². The fraction of sp³-hybridized carbons (Fsp3) is 0.118. The molecule has 0 unspecified atom stereocenters. The molecule has 2 aliphatic rings. The first-order valence-corrected chi connectivity index (χ1v) is 7.76. The topological polar surface area (TPSA) is 108 Å². The quantitative estimate of drug-likeness (QED) is 0.552. The van der Waals surface area contributed by atoms with Crippen LogP contribution in [-0.4, -0.2) is 42.6 Å². The number of aromatic amines is 1. The Balaban J connectivity index is 1.74. The standard InChI is InChI=1S/C17H14N6O3/c1-26-17(25)14-8-22(7-13-15(14)20-21-16(13)24)12-4-2-11(3-5-12)6-23-10-18-9-19-23/h2-5,7-10H,6H2,1H3,(H,21,24). The maximum atomic E-state index is 12.0. The van der Waals surface area contributed by atoms with Crippen LogP contribution in [0.1, 0.15) is 15.9 Å². The molecule has 2 aliphatic heterocycles. The number of ether oxygens (including phenoxy) is 1. The molecule has 9 heteroatoms. The van der Waals surface area contributed by atoms with E-state index in [-0.39, 0.29) is 11.1 Å². The summed E-state index contributed by atoms with van der Waals surface area (Å²) in [6.45, 7) is 0.601. The minimum Gasteiger partial charge on any atom is -0.465 e. The molecule has 0 radical (unpaired) electrons. The minimum atomic E-state index is -0.557. The minimum absolute atomic E-state index is 0.218. The Bertz CT molecular complexity index is 1080. The molecule has 1 aromatic heterocycles. The van der Waals surface area contributed by atoms with Crippen molar-refractivity contribution in [1.29, 1.82) is 0 Å². The molecule has 0 atom stereocenters. The Labute approximate surface area is 147 Å². The van der Waals surface area contributed by atoms with Gasteiger partial charge in [-0.15, -0.1) is 0 Å². The highest BCUT2D eigenvalue weighted by atomic mass is 16.5. The monoisotopic (exact) mass is 350 g/mol. The lowest BCUT2D eigenvalue weighted by Gasteiger charge is -2.12. The summed E-state index contributed by atoms with van der Waals surface area (Å²) in [6.07, 6.45) is 6.37. The zero-order valence-electron chi connectivity index (χ0n) is 13.8. The Kier molecular flexibility index (Phi) is 3.81. The second kappa shape index (κ2) is 6.28. The number of H-pyrrole nitrogens is 1. The van der Waals surface area contributed by atoms with Crippen molar-refractivity contribution in [2.24, 2.45) is 0 Å². The summed E-state index contributed by atoms with van der Waals surface area (Å²) in [5.74, 6) is -0.557. The van der Waals surface area contributed by atoms with Crippen molar-refractivity contribution in [3.05, 3.63) is 70.8 Å². The molecular weight excluding hydrogens is 336 g/mol. The van der Waals surface area contributed by atoms with E-state index in [1.54, 1.807) is 28.0 Å². The molecule has 9 nitrogen and oxygen atoms in total. The maximum absolute atomic E-state index is 12.0. The van der Waals surface area contributed by atoms with Gasteiger partial charge in [-0.25, -0.2) is 19.6 Å². The first-order chi connectivity index (χ1) is 12.7. The zero-order chi connectivity index (χ0) is 18.1. The van der Waals surface area contributed by atoms with Crippen LogP contribution >= 0.6 is 0 Å². The molecule has 0 saturated heterocycles. The van der Waals surface area contributed by atoms with E-state index in [1.165, 1.54) is 13.4 Å². The normalized spacial score (nSPS) is 11.0. The van der Waals surface area contributed by atoms with E-state index >= 15 is 0 Å². The molecule has 0 bridgehead atoms. The lowest BCUT2D eigenvalue weighted by atomic mass is 10.1. The van der Waals surface area contributed by atoms with Gasteiger partial charge >= 0.3 is 5.97 Å². The Morgan fingerprint density at radius 2 is 2.04 bits per heavy atom. The summed E-state index contributed by atoms with van der Waals surface area (Å²) in [4.78, 5) is 27.9. The molecule has 1 N–H and O–H groups in total. The summed E-state index contributed by atoms with van der Waals surface area (Å²) in [6, 6.07) is 7.67. The van der Waals surface area contributed by atoms with Crippen molar-refractivity contribution in [3.8, 4) is 16.9 Å². The maximum Gasteiger partial charge on any atom is 0.341 e. The van der Waals surface area contributed by atoms with Crippen LogP contribution in [0.25, 0.3) is 16.9 Å². The van der Waals surface area contributed by atoms with Crippen molar-refractivity contribution < 1.29 is 9.53 Å². The Morgan fingerprint density at radius 3 is 2.73 bits per heavy atom. The third kappa shape index (κ3) is 2.75. The molecule has 1 aromatic carbocycles. The van der Waals surface area contributed by atoms with E-state index in [9.17, 15) is 9.59 Å². The van der Waals surface area contributed by atoms with Gasteiger partial charge in [-0.3, -0.25) is 4.79 Å². The van der Waals surface area contributed by atoms with Gasteiger partial charge in [0.15, 0.2) is 0 Å². The van der Waals surface area contributed by atoms with E-state index in [0.717, 1.165) is 11.3 Å². The van der Waals surface area contributed by atoms with Gasteiger partial charge in [-0.05, 0) is 17.7 Å². The fourth-order valence-electron chi connectivity index (χ4n) is 2.72. The molecule has 0 aliphatic carbocycles. The average molecular weight is 350 g/mol. The number of nitrogens with zero attached hydrogens (tertiary/aromatic N) is 5. The number of pyridine rings is 1. The van der Waals surface area contributed by atoms with Crippen LogP contribution in [-0.2, 0) is 11.3 Å². The van der Waals surface area contributed by atoms with Gasteiger partial charge in [0.1, 0.15) is 23.9 Å². The summed E-state index contributed by atoms with van der Waals surface area (Å²) in [5.41, 5.74) is 2.31. The van der Waals surface area contributed by atoms with E-state index in [4.69, 9.17) is 4.74 Å². The number of rotatable bonds is 4. The van der Waals surface area contributed by atoms with E-state index in [0.29, 0.717) is 17.8 Å². The number of methoxy groups -OCH3 is 1. The number of nitrogens with one attached hydrogen (secondary N) is 1. The van der Waals surface area contributed by atoms with Crippen LogP contribution in [0.15, 0.2) is 54.1 Å². The highest BCUT2D eigenvalue weighted by Gasteiger charge is 2.22. The number of hydrogen-bond donors (Lipinski definition) is 1. The molecule has 0 amide bonds. The van der Waals surface area contributed by atoms with Crippen LogP contribution < -0.4 is 5.56 Å². The van der Waals surface area contributed by atoms with E-state index in [2.05, 4.69) is 20.3 Å². The Hall–Kier alpha value is -3.75. The number of fused-ring (bicyclic) bond motifs is 1. The van der Waals surface area contributed by atoms with E-state index in [1.807, 2.05) is 24.3 Å². The second-order valence-electron chi connectivity index (χ2n) is 5.65. The molecule has 0 fully saturated rings. The van der Waals surface area contributed by atoms with Crippen LogP contribution in [0, 0.1) is 0 Å². The summed E-state index contributed by atoms with van der Waals surface area (Å²) < 4.78 is 8.22. The van der Waals surface area contributed by atoms with Gasteiger partial charge in [0.25, 0.3) is 5.56 Å². The highest BCUT2D eigenvalue weighted by molar-refractivity contribution is 5.96. The lowest BCUT2D eigenvalue weighted by Crippen LogP contribution is -2.11. The highest BCUT2D eigenvalue weighted by Crippen LogP contribution is 2.23. The van der Waals surface area contributed by atoms with Gasteiger partial charge in [-0.1, -0.05) is 12.1 Å². The molecule has 26 heavy (non-hydrogen) atoms. The third-order valence-corrected chi connectivity index (χ3v) is 4.01. The first kappa shape index (κ1) is 15.8. The van der Waals surface area contributed by atoms with E-state index < -0.39 is 5.97 Å². The van der Waals surface area contributed by atoms with Gasteiger partial charge in [0.05, 0.1) is 19.2 Å². The number of esters is 1. The van der Waals surface area contributed by atoms with Crippen molar-refractivity contribution in [2.75, 3.05) is 7.11 Å². The average Bonchev–Trinajstić information content (AvgIpc) is 3.31. The first-order valence-electron chi connectivity index (χ1n) is 7.76. The smallest absolute Gasteiger partial charge is 0.341 e. The van der Waals surface area contributed by atoms with Crippen molar-refractivity contribution in [1.82, 2.24) is 29.5 Å². The number of carbonyl (C=O) groups excluding carboxylic acids is 1. The van der Waals surface area contributed by atoms with Gasteiger partial charge in [0.2, 0.25) is 0 Å². The van der Waals surface area contributed by atoms with Crippen LogP contribution in [0.2, 0.25) is 0 Å². The molecule has 2 aromatic rings. The summed E-state index contributed by atoms with van der Waals surface area (Å²) in [7, 11) is 1.29. The lowest BCUT2D eigenvalue weighted by molar-refractivity contribution is 0.0600. The van der Waals surface area contributed by atoms with Crippen molar-refractivity contribution >= 4 is 5.97 Å². The third-order valence-electron chi connectivity index (χ3n) is 4.01. The molecule has 4 rings (SSSR count). The number of benzene rings is 1. The van der Waals surface area contributed by atoms with Crippen molar-refractivity contribution in [3.63, 3.8) is 0 Å². The predicted molar refractivity (Wildman–Crippen MR) is 91.3 cm³/mol. The SMILES string of the molecule is COC(=O)c1cn(-c2ccc(Cn3cncn3)cc2)cc2c(=O)[nH]nc1-2. The van der Waals surface area contributed by atoms with Crippen LogP contribution in [0.3, 0.4) is 0 Å². The fourth-order valence-corrected chi connectivity index (χ4v) is 2.72. The Morgan fingerprint density at radius 1 is 1.23 bits per heavy atom. The summed E-state index contributed by atoms with van der Waals surface area (Å²) in [5, 5.41) is 10.4. The molecule has 130 valence electrons. The van der Waals surface area contributed by atoms with Gasteiger partial charge in [0, 0.05) is 18.1 Å². The number of carbonyl (C=O) groups is 1. The molecule has 3 heterocycles. The van der Waals surface area contributed by atoms with Crippen LogP contribution in [0.4, 0.5) is 0 Å². The number of hydrogen-bond acceptors (Lipinski definition) is 6. The molecule has 0 saturated carbocycles.